The molecule has 3 heterocycles. The Morgan fingerprint density at radius 3 is 2.59 bits per heavy atom. The van der Waals surface area contributed by atoms with Crippen molar-refractivity contribution < 1.29 is 14.2 Å². The first kappa shape index (κ1) is 21.9. The molecule has 1 aromatic heterocycles. The van der Waals surface area contributed by atoms with E-state index < -0.39 is 5.92 Å². The van der Waals surface area contributed by atoms with Gasteiger partial charge in [0.25, 0.3) is 5.56 Å². The fourth-order valence-electron chi connectivity index (χ4n) is 4.29. The standard InChI is InChI=1S/C24H28N4O4/c1-3-31-18-6-4-17(5-7-18)21-19(15-25)23(26)32-20-14-16(2)28(24(29)22(20)21)9-8-27-10-12-30-13-11-27/h4-7,14,21H,3,8-13,26H2,1-2H3. The van der Waals surface area contributed by atoms with Gasteiger partial charge < -0.3 is 24.5 Å². The zero-order valence-electron chi connectivity index (χ0n) is 18.5. The summed E-state index contributed by atoms with van der Waals surface area (Å²) >= 11 is 0. The molecule has 1 fully saturated rings. The highest BCUT2D eigenvalue weighted by molar-refractivity contribution is 5.55. The van der Waals surface area contributed by atoms with Gasteiger partial charge in [-0.25, -0.2) is 0 Å². The molecule has 8 nitrogen and oxygen atoms in total. The second-order valence-electron chi connectivity index (χ2n) is 7.90. The van der Waals surface area contributed by atoms with Gasteiger partial charge in [-0.2, -0.15) is 5.26 Å². The van der Waals surface area contributed by atoms with Crippen LogP contribution < -0.4 is 20.8 Å². The summed E-state index contributed by atoms with van der Waals surface area (Å²) in [5, 5.41) is 9.83. The van der Waals surface area contributed by atoms with Gasteiger partial charge in [0.1, 0.15) is 23.1 Å². The minimum absolute atomic E-state index is 0.0313. The molecule has 2 aromatic rings. The Labute approximate surface area is 187 Å². The molecule has 0 spiro atoms. The van der Waals surface area contributed by atoms with Crippen LogP contribution in [-0.4, -0.2) is 48.9 Å². The van der Waals surface area contributed by atoms with Crippen molar-refractivity contribution in [3.63, 3.8) is 0 Å². The number of aryl methyl sites for hydroxylation is 1. The zero-order valence-corrected chi connectivity index (χ0v) is 18.5. The molecule has 2 N–H and O–H groups in total. The number of nitrogens with zero attached hydrogens (tertiary/aromatic N) is 3. The predicted octanol–water partition coefficient (Wildman–Crippen LogP) is 2.11. The average Bonchev–Trinajstić information content (AvgIpc) is 2.79. The highest BCUT2D eigenvalue weighted by Crippen LogP contribution is 2.40. The lowest BCUT2D eigenvalue weighted by molar-refractivity contribution is 0.0362. The van der Waals surface area contributed by atoms with Crippen LogP contribution in [0.4, 0.5) is 0 Å². The molecule has 2 aliphatic rings. The molecule has 1 atom stereocenters. The van der Waals surface area contributed by atoms with Crippen LogP contribution in [0.1, 0.15) is 29.7 Å². The van der Waals surface area contributed by atoms with Crippen molar-refractivity contribution in [2.75, 3.05) is 39.5 Å². The fourth-order valence-corrected chi connectivity index (χ4v) is 4.29. The maximum Gasteiger partial charge on any atom is 0.258 e. The number of nitriles is 1. The summed E-state index contributed by atoms with van der Waals surface area (Å²) in [5.41, 5.74) is 8.19. The van der Waals surface area contributed by atoms with Crippen LogP contribution >= 0.6 is 0 Å². The number of nitrogens with two attached hydrogens (primary N) is 1. The maximum atomic E-state index is 13.7. The first-order valence-corrected chi connectivity index (χ1v) is 10.9. The molecule has 0 aliphatic carbocycles. The number of allylic oxidation sites excluding steroid dienone is 1. The van der Waals surface area contributed by atoms with Crippen molar-refractivity contribution in [2.45, 2.75) is 26.3 Å². The quantitative estimate of drug-likeness (QED) is 0.740. The molecule has 0 amide bonds. The molecular weight excluding hydrogens is 408 g/mol. The van der Waals surface area contributed by atoms with Crippen molar-refractivity contribution in [3.05, 3.63) is 69.0 Å². The first-order valence-electron chi connectivity index (χ1n) is 10.9. The predicted molar refractivity (Wildman–Crippen MR) is 120 cm³/mol. The third-order valence-electron chi connectivity index (χ3n) is 5.96. The van der Waals surface area contributed by atoms with Crippen LogP contribution in [0, 0.1) is 18.3 Å². The number of pyridine rings is 1. The van der Waals surface area contributed by atoms with Crippen molar-refractivity contribution in [3.8, 4) is 17.6 Å². The van der Waals surface area contributed by atoms with Gasteiger partial charge in [-0.1, -0.05) is 12.1 Å². The van der Waals surface area contributed by atoms with E-state index in [0.717, 1.165) is 36.6 Å². The second-order valence-corrected chi connectivity index (χ2v) is 7.90. The smallest absolute Gasteiger partial charge is 0.258 e. The van der Waals surface area contributed by atoms with E-state index in [0.29, 0.717) is 37.7 Å². The summed E-state index contributed by atoms with van der Waals surface area (Å²) < 4.78 is 18.4. The number of benzene rings is 1. The summed E-state index contributed by atoms with van der Waals surface area (Å²) in [6.45, 7) is 8.79. The highest BCUT2D eigenvalue weighted by atomic mass is 16.5. The van der Waals surface area contributed by atoms with Crippen LogP contribution in [-0.2, 0) is 11.3 Å². The highest BCUT2D eigenvalue weighted by Gasteiger charge is 2.34. The lowest BCUT2D eigenvalue weighted by atomic mass is 9.84. The Morgan fingerprint density at radius 1 is 1.22 bits per heavy atom. The second kappa shape index (κ2) is 9.47. The Morgan fingerprint density at radius 2 is 1.94 bits per heavy atom. The maximum absolute atomic E-state index is 13.7. The Bertz CT molecular complexity index is 1110. The number of morpholine rings is 1. The van der Waals surface area contributed by atoms with Gasteiger partial charge in [-0.3, -0.25) is 9.69 Å². The molecule has 1 saturated heterocycles. The Kier molecular flexibility index (Phi) is 6.49. The number of ether oxygens (including phenoxy) is 3. The number of fused-ring (bicyclic) bond motifs is 1. The molecule has 0 bridgehead atoms. The van der Waals surface area contributed by atoms with Crippen LogP contribution in [0.25, 0.3) is 0 Å². The first-order chi connectivity index (χ1) is 15.5. The van der Waals surface area contributed by atoms with Crippen LogP contribution in [0.3, 0.4) is 0 Å². The van der Waals surface area contributed by atoms with E-state index in [1.165, 1.54) is 0 Å². The number of hydrogen-bond acceptors (Lipinski definition) is 7. The van der Waals surface area contributed by atoms with Crippen LogP contribution in [0.5, 0.6) is 11.5 Å². The van der Waals surface area contributed by atoms with Gasteiger partial charge in [0.05, 0.1) is 31.3 Å². The SMILES string of the molecule is CCOc1ccc(C2C(C#N)=C(N)Oc3cc(C)n(CCN4CCOCC4)c(=O)c32)cc1. The van der Waals surface area contributed by atoms with E-state index in [2.05, 4.69) is 11.0 Å². The van der Waals surface area contributed by atoms with Crippen molar-refractivity contribution in [1.29, 1.82) is 5.26 Å². The van der Waals surface area contributed by atoms with Gasteiger partial charge in [-0.15, -0.1) is 0 Å². The molecule has 4 rings (SSSR count). The van der Waals surface area contributed by atoms with Crippen LogP contribution in [0.15, 0.2) is 46.6 Å². The number of aromatic nitrogens is 1. The summed E-state index contributed by atoms with van der Waals surface area (Å²) in [6, 6.07) is 11.4. The van der Waals surface area contributed by atoms with Crippen molar-refractivity contribution in [2.24, 2.45) is 5.73 Å². The normalized spacial score (nSPS) is 18.6. The summed E-state index contributed by atoms with van der Waals surface area (Å²) in [5.74, 6) is 0.572. The van der Waals surface area contributed by atoms with E-state index in [1.807, 2.05) is 44.2 Å². The Hall–Kier alpha value is -3.28. The van der Waals surface area contributed by atoms with Gasteiger partial charge >= 0.3 is 0 Å². The van der Waals surface area contributed by atoms with Crippen molar-refractivity contribution in [1.82, 2.24) is 9.47 Å². The lowest BCUT2D eigenvalue weighted by Gasteiger charge is -2.29. The largest absolute Gasteiger partial charge is 0.494 e. The van der Waals surface area contributed by atoms with E-state index in [1.54, 1.807) is 4.57 Å². The molecule has 0 radical (unpaired) electrons. The molecule has 8 heteroatoms. The van der Waals surface area contributed by atoms with E-state index >= 15 is 0 Å². The molecule has 32 heavy (non-hydrogen) atoms. The molecule has 168 valence electrons. The average molecular weight is 437 g/mol. The molecule has 0 saturated carbocycles. The monoisotopic (exact) mass is 436 g/mol. The van der Waals surface area contributed by atoms with E-state index in [9.17, 15) is 10.1 Å². The zero-order chi connectivity index (χ0) is 22.7. The molecular formula is C24H28N4O4. The van der Waals surface area contributed by atoms with Gasteiger partial charge in [-0.05, 0) is 31.5 Å². The number of rotatable bonds is 6. The minimum Gasteiger partial charge on any atom is -0.494 e. The van der Waals surface area contributed by atoms with Crippen LogP contribution in [0.2, 0.25) is 0 Å². The van der Waals surface area contributed by atoms with Crippen molar-refractivity contribution >= 4 is 0 Å². The molecule has 1 unspecified atom stereocenters. The summed E-state index contributed by atoms with van der Waals surface area (Å²) in [7, 11) is 0. The van der Waals surface area contributed by atoms with E-state index in [-0.39, 0.29) is 17.0 Å². The third kappa shape index (κ3) is 4.22. The fraction of sp³-hybridized carbons (Fsp3) is 0.417. The summed E-state index contributed by atoms with van der Waals surface area (Å²) in [4.78, 5) is 16.0. The lowest BCUT2D eigenvalue weighted by Crippen LogP contribution is -2.40. The Balaban J connectivity index is 1.74. The van der Waals surface area contributed by atoms with Gasteiger partial charge in [0, 0.05) is 37.9 Å². The van der Waals surface area contributed by atoms with E-state index in [4.69, 9.17) is 19.9 Å². The van der Waals surface area contributed by atoms with Gasteiger partial charge in [0.2, 0.25) is 5.88 Å². The minimum atomic E-state index is -0.595. The topological polar surface area (TPSA) is 103 Å². The number of hydrogen-bond donors (Lipinski definition) is 1. The molecule has 2 aliphatic heterocycles. The summed E-state index contributed by atoms with van der Waals surface area (Å²) in [6.07, 6.45) is 0. The molecule has 1 aromatic carbocycles. The van der Waals surface area contributed by atoms with Gasteiger partial charge in [0.15, 0.2) is 0 Å². The third-order valence-corrected chi connectivity index (χ3v) is 5.96.